The SMILES string of the molecule is CCCC=NC(=NC)C1=CCC(C(F)CN)CC1.Cc1ccc(OC(F)(F)F)cc1. The zero-order chi connectivity index (χ0) is 22.6. The molecule has 1 aromatic rings. The van der Waals surface area contributed by atoms with Crippen molar-refractivity contribution in [1.29, 1.82) is 0 Å². The van der Waals surface area contributed by atoms with E-state index in [1.54, 1.807) is 26.1 Å². The van der Waals surface area contributed by atoms with Crippen LogP contribution in [0.5, 0.6) is 5.75 Å². The minimum atomic E-state index is -4.60. The second kappa shape index (κ2) is 13.2. The van der Waals surface area contributed by atoms with Gasteiger partial charge in [0.1, 0.15) is 17.8 Å². The van der Waals surface area contributed by atoms with E-state index in [2.05, 4.69) is 27.7 Å². The van der Waals surface area contributed by atoms with Crippen LogP contribution < -0.4 is 10.5 Å². The maximum atomic E-state index is 13.5. The van der Waals surface area contributed by atoms with Crippen molar-refractivity contribution in [1.82, 2.24) is 0 Å². The monoisotopic (exact) mass is 429 g/mol. The first kappa shape index (κ1) is 25.8. The van der Waals surface area contributed by atoms with Gasteiger partial charge in [-0.1, -0.05) is 37.1 Å². The third-order valence-electron chi connectivity index (χ3n) is 4.57. The van der Waals surface area contributed by atoms with Crippen LogP contribution in [0.1, 0.15) is 44.6 Å². The number of alkyl halides is 4. The molecule has 8 heteroatoms. The fourth-order valence-electron chi connectivity index (χ4n) is 2.88. The Morgan fingerprint density at radius 1 is 1.30 bits per heavy atom. The Kier molecular flexibility index (Phi) is 11.3. The molecule has 30 heavy (non-hydrogen) atoms. The molecule has 0 saturated heterocycles. The molecule has 1 aliphatic carbocycles. The summed E-state index contributed by atoms with van der Waals surface area (Å²) >= 11 is 0. The number of rotatable bonds is 6. The molecule has 4 nitrogen and oxygen atoms in total. The summed E-state index contributed by atoms with van der Waals surface area (Å²) in [6.45, 7) is 4.03. The van der Waals surface area contributed by atoms with Gasteiger partial charge < -0.3 is 10.5 Å². The Labute approximate surface area is 175 Å². The number of hydrogen-bond donors (Lipinski definition) is 1. The zero-order valence-corrected chi connectivity index (χ0v) is 17.8. The molecule has 0 bridgehead atoms. The van der Waals surface area contributed by atoms with Gasteiger partial charge in [-0.2, -0.15) is 0 Å². The lowest BCUT2D eigenvalue weighted by atomic mass is 9.86. The maximum Gasteiger partial charge on any atom is 0.573 e. The largest absolute Gasteiger partial charge is 0.573 e. The van der Waals surface area contributed by atoms with Crippen LogP contribution in [-0.2, 0) is 0 Å². The molecule has 0 heterocycles. The lowest BCUT2D eigenvalue weighted by molar-refractivity contribution is -0.274. The highest BCUT2D eigenvalue weighted by molar-refractivity contribution is 6.02. The summed E-state index contributed by atoms with van der Waals surface area (Å²) < 4.78 is 52.0. The number of halogens is 4. The summed E-state index contributed by atoms with van der Waals surface area (Å²) in [6, 6.07) is 5.67. The molecular weight excluding hydrogens is 398 g/mol. The van der Waals surface area contributed by atoms with Gasteiger partial charge in [-0.15, -0.1) is 13.2 Å². The number of amidine groups is 1. The topological polar surface area (TPSA) is 60.0 Å². The molecule has 0 fully saturated rings. The van der Waals surface area contributed by atoms with Crippen molar-refractivity contribution < 1.29 is 22.3 Å². The number of nitrogens with zero attached hydrogens (tertiary/aromatic N) is 2. The smallest absolute Gasteiger partial charge is 0.406 e. The van der Waals surface area contributed by atoms with Crippen LogP contribution in [0.3, 0.4) is 0 Å². The van der Waals surface area contributed by atoms with E-state index in [0.717, 1.165) is 49.1 Å². The van der Waals surface area contributed by atoms with Crippen molar-refractivity contribution in [2.75, 3.05) is 13.6 Å². The van der Waals surface area contributed by atoms with Gasteiger partial charge in [-0.25, -0.2) is 9.38 Å². The van der Waals surface area contributed by atoms with Crippen LogP contribution in [0.4, 0.5) is 17.6 Å². The van der Waals surface area contributed by atoms with Gasteiger partial charge >= 0.3 is 6.36 Å². The van der Waals surface area contributed by atoms with E-state index in [-0.39, 0.29) is 18.2 Å². The number of aryl methyl sites for hydroxylation is 1. The highest BCUT2D eigenvalue weighted by atomic mass is 19.4. The molecule has 0 aromatic heterocycles. The van der Waals surface area contributed by atoms with Crippen LogP contribution in [0.25, 0.3) is 0 Å². The fraction of sp³-hybridized carbons (Fsp3) is 0.545. The summed E-state index contributed by atoms with van der Waals surface area (Å²) in [5.41, 5.74) is 7.40. The number of unbranched alkanes of at least 4 members (excludes halogenated alkanes) is 1. The second-order valence-electron chi connectivity index (χ2n) is 7.02. The molecule has 2 unspecified atom stereocenters. The molecule has 0 saturated carbocycles. The van der Waals surface area contributed by atoms with E-state index in [1.165, 1.54) is 12.1 Å². The molecule has 0 aliphatic heterocycles. The summed E-state index contributed by atoms with van der Waals surface area (Å²) in [6.07, 6.45) is 2.98. The van der Waals surface area contributed by atoms with E-state index in [4.69, 9.17) is 5.73 Å². The molecule has 0 radical (unpaired) electrons. The minimum absolute atomic E-state index is 0.0662. The van der Waals surface area contributed by atoms with Gasteiger partial charge in [0.25, 0.3) is 0 Å². The molecular formula is C22H31F4N3O. The molecule has 1 aliphatic rings. The Bertz CT molecular complexity index is 712. The van der Waals surface area contributed by atoms with Crippen LogP contribution in [0, 0.1) is 12.8 Å². The van der Waals surface area contributed by atoms with Gasteiger partial charge in [-0.3, -0.25) is 4.99 Å². The Morgan fingerprint density at radius 3 is 2.43 bits per heavy atom. The van der Waals surface area contributed by atoms with E-state index >= 15 is 0 Å². The van der Waals surface area contributed by atoms with Crippen molar-refractivity contribution in [2.24, 2.45) is 21.6 Å². The fourth-order valence-corrected chi connectivity index (χ4v) is 2.88. The van der Waals surface area contributed by atoms with Crippen molar-refractivity contribution in [2.45, 2.75) is 58.5 Å². The molecule has 0 spiro atoms. The number of ether oxygens (including phenoxy) is 1. The van der Waals surface area contributed by atoms with Crippen LogP contribution in [-0.4, -0.2) is 38.2 Å². The Balaban J connectivity index is 0.000000325. The van der Waals surface area contributed by atoms with Crippen LogP contribution >= 0.6 is 0 Å². The quantitative estimate of drug-likeness (QED) is 0.353. The van der Waals surface area contributed by atoms with Crippen LogP contribution in [0.15, 0.2) is 45.9 Å². The van der Waals surface area contributed by atoms with Crippen molar-refractivity contribution >= 4 is 12.1 Å². The normalized spacial score (nSPS) is 18.5. The first-order valence-corrected chi connectivity index (χ1v) is 10.0. The average molecular weight is 430 g/mol. The van der Waals surface area contributed by atoms with Crippen molar-refractivity contribution in [3.8, 4) is 5.75 Å². The number of allylic oxidation sites excluding steroid dienone is 1. The van der Waals surface area contributed by atoms with E-state index in [0.29, 0.717) is 0 Å². The summed E-state index contributed by atoms with van der Waals surface area (Å²) in [5.74, 6) is 0.676. The summed E-state index contributed by atoms with van der Waals surface area (Å²) in [4.78, 5) is 8.59. The number of benzene rings is 1. The van der Waals surface area contributed by atoms with Gasteiger partial charge in [0.05, 0.1) is 0 Å². The number of nitrogens with two attached hydrogens (primary N) is 1. The maximum absolute atomic E-state index is 13.5. The Morgan fingerprint density at radius 2 is 1.97 bits per heavy atom. The van der Waals surface area contributed by atoms with E-state index < -0.39 is 12.5 Å². The van der Waals surface area contributed by atoms with Crippen LogP contribution in [0.2, 0.25) is 0 Å². The zero-order valence-electron chi connectivity index (χ0n) is 17.8. The molecule has 2 atom stereocenters. The number of aliphatic imine (C=N–C) groups is 2. The Hall–Kier alpha value is -2.22. The van der Waals surface area contributed by atoms with Gasteiger partial charge in [0, 0.05) is 19.8 Å². The third kappa shape index (κ3) is 10.0. The summed E-state index contributed by atoms with van der Waals surface area (Å²) in [7, 11) is 1.75. The molecule has 168 valence electrons. The van der Waals surface area contributed by atoms with Gasteiger partial charge in [-0.05, 0) is 56.2 Å². The first-order valence-electron chi connectivity index (χ1n) is 10.0. The molecule has 1 aromatic carbocycles. The van der Waals surface area contributed by atoms with E-state index in [9.17, 15) is 17.6 Å². The lowest BCUT2D eigenvalue weighted by Gasteiger charge is -2.23. The predicted octanol–water partition coefficient (Wildman–Crippen LogP) is 5.80. The molecule has 0 amide bonds. The van der Waals surface area contributed by atoms with E-state index in [1.807, 2.05) is 6.21 Å². The second-order valence-corrected chi connectivity index (χ2v) is 7.02. The average Bonchev–Trinajstić information content (AvgIpc) is 2.72. The molecule has 2 rings (SSSR count). The minimum Gasteiger partial charge on any atom is -0.406 e. The predicted molar refractivity (Wildman–Crippen MR) is 114 cm³/mol. The molecule has 2 N–H and O–H groups in total. The van der Waals surface area contributed by atoms with Gasteiger partial charge in [0.15, 0.2) is 0 Å². The lowest BCUT2D eigenvalue weighted by Crippen LogP contribution is -2.26. The third-order valence-corrected chi connectivity index (χ3v) is 4.57. The highest BCUT2D eigenvalue weighted by Gasteiger charge is 2.30. The number of hydrogen-bond acceptors (Lipinski definition) is 3. The summed E-state index contributed by atoms with van der Waals surface area (Å²) in [5, 5.41) is 0. The van der Waals surface area contributed by atoms with Gasteiger partial charge in [0.2, 0.25) is 0 Å². The first-order chi connectivity index (χ1) is 14.2. The van der Waals surface area contributed by atoms with Crippen molar-refractivity contribution in [3.05, 3.63) is 41.5 Å². The van der Waals surface area contributed by atoms with Crippen molar-refractivity contribution in [3.63, 3.8) is 0 Å². The highest BCUT2D eigenvalue weighted by Crippen LogP contribution is 2.28. The standard InChI is InChI=1S/C14H24FN3.C8H7F3O/c1-3-4-9-18-14(17-2)12-7-5-11(6-8-12)13(15)10-16;1-6-2-4-7(5-3-6)12-8(9,10)11/h7,9,11,13H,3-6,8,10,16H2,1-2H3;2-5H,1H3.